The van der Waals surface area contributed by atoms with Gasteiger partial charge in [0.25, 0.3) is 0 Å². The average Bonchev–Trinajstić information content (AvgIpc) is 2.85. The Bertz CT molecular complexity index is 735. The molecule has 0 atom stereocenters. The van der Waals surface area contributed by atoms with Crippen molar-refractivity contribution in [3.63, 3.8) is 0 Å². The molecule has 0 radical (unpaired) electrons. The minimum atomic E-state index is 0.700. The van der Waals surface area contributed by atoms with Gasteiger partial charge in [-0.25, -0.2) is 4.98 Å². The fraction of sp³-hybridized carbons (Fsp3) is 0.176. The molecule has 22 heavy (non-hydrogen) atoms. The van der Waals surface area contributed by atoms with Gasteiger partial charge >= 0.3 is 0 Å². The maximum Gasteiger partial charge on any atom is 0.145 e. The van der Waals surface area contributed by atoms with Crippen LogP contribution in [-0.2, 0) is 13.6 Å². The third-order valence-electron chi connectivity index (χ3n) is 3.29. The molecule has 1 aromatic carbocycles. The molecule has 0 spiro atoms. The molecule has 5 nitrogen and oxygen atoms in total. The van der Waals surface area contributed by atoms with Gasteiger partial charge in [0.2, 0.25) is 0 Å². The second-order valence-electron chi connectivity index (χ2n) is 5.06. The fourth-order valence-electron chi connectivity index (χ4n) is 2.18. The van der Waals surface area contributed by atoms with Gasteiger partial charge in [-0.3, -0.25) is 4.68 Å². The van der Waals surface area contributed by atoms with Crippen molar-refractivity contribution in [2.45, 2.75) is 13.5 Å². The predicted molar refractivity (Wildman–Crippen MR) is 86.0 cm³/mol. The molecule has 0 aliphatic heterocycles. The molecule has 1 N–H and O–H groups in total. The summed E-state index contributed by atoms with van der Waals surface area (Å²) in [7, 11) is 1.92. The van der Waals surface area contributed by atoms with E-state index >= 15 is 0 Å². The number of ether oxygens (including phenoxy) is 1. The molecule has 0 aliphatic rings. The Labute approximate surface area is 129 Å². The number of anilines is 1. The first-order valence-electron chi connectivity index (χ1n) is 7.12. The minimum Gasteiger partial charge on any atom is -0.456 e. The molecular formula is C17H18N4O. The number of aromatic nitrogens is 3. The lowest BCUT2D eigenvalue weighted by molar-refractivity contribution is 0.480. The Balaban J connectivity index is 1.61. The number of aryl methyl sites for hydroxylation is 2. The van der Waals surface area contributed by atoms with Crippen molar-refractivity contribution in [2.75, 3.05) is 5.32 Å². The lowest BCUT2D eigenvalue weighted by Crippen LogP contribution is -2.01. The van der Waals surface area contributed by atoms with Crippen LogP contribution >= 0.6 is 0 Å². The largest absolute Gasteiger partial charge is 0.456 e. The number of hydrogen-bond donors (Lipinski definition) is 1. The van der Waals surface area contributed by atoms with Crippen molar-refractivity contribution < 1.29 is 4.74 Å². The summed E-state index contributed by atoms with van der Waals surface area (Å²) >= 11 is 0. The van der Waals surface area contributed by atoms with Crippen LogP contribution in [0.15, 0.2) is 54.9 Å². The lowest BCUT2D eigenvalue weighted by atomic mass is 10.2. The van der Waals surface area contributed by atoms with E-state index in [0.29, 0.717) is 12.3 Å². The molecule has 0 aliphatic carbocycles. The Kier molecular flexibility index (Phi) is 4.05. The first kappa shape index (κ1) is 14.1. The molecule has 2 aromatic heterocycles. The number of nitrogens with zero attached hydrogens (tertiary/aromatic N) is 3. The third-order valence-corrected chi connectivity index (χ3v) is 3.29. The summed E-state index contributed by atoms with van der Waals surface area (Å²) in [5, 5.41) is 7.61. The monoisotopic (exact) mass is 294 g/mol. The van der Waals surface area contributed by atoms with Crippen LogP contribution in [0.5, 0.6) is 11.5 Å². The second-order valence-corrected chi connectivity index (χ2v) is 5.06. The molecule has 0 unspecified atom stereocenters. The van der Waals surface area contributed by atoms with E-state index in [1.807, 2.05) is 67.3 Å². The number of hydrogen-bond acceptors (Lipinski definition) is 4. The molecule has 3 aromatic rings. The van der Waals surface area contributed by atoms with Gasteiger partial charge in [-0.05, 0) is 31.2 Å². The molecular weight excluding hydrogens is 276 g/mol. The van der Waals surface area contributed by atoms with E-state index < -0.39 is 0 Å². The summed E-state index contributed by atoms with van der Waals surface area (Å²) in [5.74, 6) is 2.33. The summed E-state index contributed by atoms with van der Waals surface area (Å²) in [6, 6.07) is 13.5. The van der Waals surface area contributed by atoms with Crippen molar-refractivity contribution in [1.29, 1.82) is 0 Å². The fourth-order valence-corrected chi connectivity index (χ4v) is 2.18. The third kappa shape index (κ3) is 3.44. The summed E-state index contributed by atoms with van der Waals surface area (Å²) in [4.78, 5) is 4.36. The summed E-state index contributed by atoms with van der Waals surface area (Å²) in [5.41, 5.74) is 2.19. The van der Waals surface area contributed by atoms with E-state index in [9.17, 15) is 0 Å². The van der Waals surface area contributed by atoms with Crippen molar-refractivity contribution in [3.05, 3.63) is 66.1 Å². The molecule has 5 heteroatoms. The highest BCUT2D eigenvalue weighted by Crippen LogP contribution is 2.21. The Morgan fingerprint density at radius 2 is 1.91 bits per heavy atom. The van der Waals surface area contributed by atoms with Gasteiger partial charge in [0.05, 0.1) is 11.9 Å². The normalized spacial score (nSPS) is 10.5. The van der Waals surface area contributed by atoms with Gasteiger partial charge < -0.3 is 10.1 Å². The van der Waals surface area contributed by atoms with Gasteiger partial charge in [0.15, 0.2) is 0 Å². The first-order valence-corrected chi connectivity index (χ1v) is 7.12. The molecule has 3 rings (SSSR count). The van der Waals surface area contributed by atoms with E-state index in [2.05, 4.69) is 15.4 Å². The number of benzene rings is 1. The van der Waals surface area contributed by atoms with Crippen LogP contribution in [0.25, 0.3) is 0 Å². The zero-order valence-electron chi connectivity index (χ0n) is 12.7. The molecule has 0 fully saturated rings. The number of para-hydroxylation sites is 1. The molecule has 112 valence electrons. The lowest BCUT2D eigenvalue weighted by Gasteiger charge is -2.07. The SMILES string of the molecule is Cc1nn(C)cc1CNc1ccc(Oc2ccccc2)cn1. The molecule has 0 amide bonds. The summed E-state index contributed by atoms with van der Waals surface area (Å²) in [6.07, 6.45) is 3.72. The van der Waals surface area contributed by atoms with Gasteiger partial charge in [-0.1, -0.05) is 18.2 Å². The van der Waals surface area contributed by atoms with Crippen molar-refractivity contribution >= 4 is 5.82 Å². The van der Waals surface area contributed by atoms with Gasteiger partial charge in [-0.2, -0.15) is 5.10 Å². The summed E-state index contributed by atoms with van der Waals surface area (Å²) < 4.78 is 7.53. The molecule has 0 saturated heterocycles. The van der Waals surface area contributed by atoms with Crippen LogP contribution < -0.4 is 10.1 Å². The van der Waals surface area contributed by atoms with Crippen molar-refractivity contribution in [3.8, 4) is 11.5 Å². The summed E-state index contributed by atoms with van der Waals surface area (Å²) in [6.45, 7) is 2.70. The van der Waals surface area contributed by atoms with Gasteiger partial charge in [0, 0.05) is 25.4 Å². The van der Waals surface area contributed by atoms with Crippen LogP contribution in [0.4, 0.5) is 5.82 Å². The number of pyridine rings is 1. The molecule has 0 bridgehead atoms. The van der Waals surface area contributed by atoms with E-state index in [0.717, 1.165) is 22.8 Å². The Hall–Kier alpha value is -2.82. The van der Waals surface area contributed by atoms with Crippen LogP contribution in [0, 0.1) is 6.92 Å². The minimum absolute atomic E-state index is 0.700. The first-order chi connectivity index (χ1) is 10.7. The topological polar surface area (TPSA) is 52.0 Å². The van der Waals surface area contributed by atoms with Crippen molar-refractivity contribution in [1.82, 2.24) is 14.8 Å². The Morgan fingerprint density at radius 3 is 2.55 bits per heavy atom. The molecule has 0 saturated carbocycles. The molecule has 2 heterocycles. The van der Waals surface area contributed by atoms with Crippen LogP contribution in [0.2, 0.25) is 0 Å². The maximum absolute atomic E-state index is 5.71. The zero-order chi connectivity index (χ0) is 15.4. The zero-order valence-corrected chi connectivity index (χ0v) is 12.7. The van der Waals surface area contributed by atoms with Gasteiger partial charge in [0.1, 0.15) is 17.3 Å². The highest BCUT2D eigenvalue weighted by molar-refractivity contribution is 5.40. The van der Waals surface area contributed by atoms with Gasteiger partial charge in [-0.15, -0.1) is 0 Å². The average molecular weight is 294 g/mol. The quantitative estimate of drug-likeness (QED) is 0.782. The van der Waals surface area contributed by atoms with Crippen LogP contribution in [0.1, 0.15) is 11.3 Å². The highest BCUT2D eigenvalue weighted by Gasteiger charge is 2.03. The number of rotatable bonds is 5. The van der Waals surface area contributed by atoms with Crippen LogP contribution in [0.3, 0.4) is 0 Å². The smallest absolute Gasteiger partial charge is 0.145 e. The second kappa shape index (κ2) is 6.30. The highest BCUT2D eigenvalue weighted by atomic mass is 16.5. The number of nitrogens with one attached hydrogen (secondary N) is 1. The Morgan fingerprint density at radius 1 is 1.09 bits per heavy atom. The van der Waals surface area contributed by atoms with E-state index in [1.54, 1.807) is 6.20 Å². The van der Waals surface area contributed by atoms with Crippen molar-refractivity contribution in [2.24, 2.45) is 7.05 Å². The van der Waals surface area contributed by atoms with E-state index in [-0.39, 0.29) is 0 Å². The van der Waals surface area contributed by atoms with E-state index in [4.69, 9.17) is 4.74 Å². The van der Waals surface area contributed by atoms with E-state index in [1.165, 1.54) is 0 Å². The standard InChI is InChI=1S/C17H18N4O/c1-13-14(12-21(2)20-13)10-18-17-9-8-16(11-19-17)22-15-6-4-3-5-7-15/h3-9,11-12H,10H2,1-2H3,(H,18,19). The maximum atomic E-state index is 5.71. The van der Waals surface area contributed by atoms with Crippen LogP contribution in [-0.4, -0.2) is 14.8 Å². The predicted octanol–water partition coefficient (Wildman–Crippen LogP) is 3.53.